The lowest BCUT2D eigenvalue weighted by Crippen LogP contribution is -2.49. The van der Waals surface area contributed by atoms with Gasteiger partial charge in [-0.3, -0.25) is 9.59 Å². The Morgan fingerprint density at radius 2 is 1.65 bits per heavy atom. The number of nitrogens with zero attached hydrogens (tertiary/aromatic N) is 1. The van der Waals surface area contributed by atoms with E-state index in [0.29, 0.717) is 18.2 Å². The van der Waals surface area contributed by atoms with Crippen LogP contribution in [0.15, 0.2) is 0 Å². The van der Waals surface area contributed by atoms with Gasteiger partial charge in [0.25, 0.3) is 0 Å². The van der Waals surface area contributed by atoms with Crippen LogP contribution in [-0.2, 0) is 9.59 Å². The molecule has 2 aliphatic carbocycles. The van der Waals surface area contributed by atoms with Crippen LogP contribution in [0.25, 0.3) is 0 Å². The van der Waals surface area contributed by atoms with Gasteiger partial charge in [-0.2, -0.15) is 0 Å². The van der Waals surface area contributed by atoms with Crippen LogP contribution in [0, 0.1) is 17.8 Å². The van der Waals surface area contributed by atoms with Crippen LogP contribution in [0.1, 0.15) is 77.0 Å². The van der Waals surface area contributed by atoms with Gasteiger partial charge >= 0.3 is 5.97 Å². The number of rotatable bonds is 4. The number of hydrogen-bond acceptors (Lipinski definition) is 2. The lowest BCUT2D eigenvalue weighted by Gasteiger charge is -2.45. The van der Waals surface area contributed by atoms with Crippen LogP contribution in [0.3, 0.4) is 0 Å². The standard InChI is InChI=1S/C19H31NO3/c21-18(22)12-11-15-8-3-4-13-20(15)19(23)17-10-5-7-14-6-1-2-9-16(14)17/h14-17H,1-13H2,(H,21,22). The predicted molar refractivity (Wildman–Crippen MR) is 89.0 cm³/mol. The van der Waals surface area contributed by atoms with E-state index in [1.807, 2.05) is 0 Å². The molecular formula is C19H31NO3. The van der Waals surface area contributed by atoms with E-state index in [1.54, 1.807) is 0 Å². The zero-order valence-electron chi connectivity index (χ0n) is 14.2. The van der Waals surface area contributed by atoms with Crippen molar-refractivity contribution in [2.24, 2.45) is 17.8 Å². The third kappa shape index (κ3) is 3.89. The molecule has 23 heavy (non-hydrogen) atoms. The van der Waals surface area contributed by atoms with E-state index in [2.05, 4.69) is 4.90 Å². The number of likely N-dealkylation sites (tertiary alicyclic amines) is 1. The van der Waals surface area contributed by atoms with Crippen LogP contribution >= 0.6 is 0 Å². The molecule has 4 nitrogen and oxygen atoms in total. The number of hydrogen-bond donors (Lipinski definition) is 1. The van der Waals surface area contributed by atoms with Crippen LogP contribution in [0.5, 0.6) is 0 Å². The number of fused-ring (bicyclic) bond motifs is 1. The Bertz CT molecular complexity index is 434. The third-order valence-corrected chi connectivity index (χ3v) is 6.49. The lowest BCUT2D eigenvalue weighted by molar-refractivity contribution is -0.146. The van der Waals surface area contributed by atoms with Crippen molar-refractivity contribution in [3.05, 3.63) is 0 Å². The van der Waals surface area contributed by atoms with Gasteiger partial charge in [-0.05, 0) is 50.4 Å². The summed E-state index contributed by atoms with van der Waals surface area (Å²) in [7, 11) is 0. The molecule has 1 amide bonds. The molecule has 4 heteroatoms. The second-order valence-corrected chi connectivity index (χ2v) is 7.86. The van der Waals surface area contributed by atoms with Gasteiger partial charge in [0.05, 0.1) is 0 Å². The largest absolute Gasteiger partial charge is 0.481 e. The molecule has 1 N–H and O–H groups in total. The fraction of sp³-hybridized carbons (Fsp3) is 0.895. The van der Waals surface area contributed by atoms with E-state index < -0.39 is 5.97 Å². The van der Waals surface area contributed by atoms with E-state index in [4.69, 9.17) is 5.11 Å². The first-order valence-corrected chi connectivity index (χ1v) is 9.69. The molecule has 130 valence electrons. The normalized spacial score (nSPS) is 34.7. The van der Waals surface area contributed by atoms with Gasteiger partial charge in [-0.1, -0.05) is 32.1 Å². The molecule has 3 rings (SSSR count). The molecule has 0 aromatic heterocycles. The van der Waals surface area contributed by atoms with Crippen LogP contribution in [0.4, 0.5) is 0 Å². The van der Waals surface area contributed by atoms with E-state index in [9.17, 15) is 9.59 Å². The summed E-state index contributed by atoms with van der Waals surface area (Å²) in [6, 6.07) is 0.163. The molecule has 0 radical (unpaired) electrons. The highest BCUT2D eigenvalue weighted by Crippen LogP contribution is 2.45. The molecule has 3 aliphatic rings. The minimum atomic E-state index is -0.743. The summed E-state index contributed by atoms with van der Waals surface area (Å²) >= 11 is 0. The highest BCUT2D eigenvalue weighted by Gasteiger charge is 2.41. The van der Waals surface area contributed by atoms with Crippen molar-refractivity contribution in [2.75, 3.05) is 6.54 Å². The highest BCUT2D eigenvalue weighted by molar-refractivity contribution is 5.80. The van der Waals surface area contributed by atoms with Crippen molar-refractivity contribution in [1.82, 2.24) is 4.90 Å². The molecule has 0 spiro atoms. The third-order valence-electron chi connectivity index (χ3n) is 6.49. The van der Waals surface area contributed by atoms with E-state index >= 15 is 0 Å². The Labute approximate surface area is 139 Å². The second kappa shape index (κ2) is 7.67. The average Bonchev–Trinajstić information content (AvgIpc) is 2.59. The highest BCUT2D eigenvalue weighted by atomic mass is 16.4. The maximum absolute atomic E-state index is 13.2. The molecule has 0 bridgehead atoms. The molecule has 0 aromatic carbocycles. The maximum Gasteiger partial charge on any atom is 0.303 e. The van der Waals surface area contributed by atoms with Crippen molar-refractivity contribution >= 4 is 11.9 Å². The molecular weight excluding hydrogens is 290 g/mol. The summed E-state index contributed by atoms with van der Waals surface area (Å²) in [6.07, 6.45) is 12.8. The van der Waals surface area contributed by atoms with Gasteiger partial charge in [0, 0.05) is 24.9 Å². The van der Waals surface area contributed by atoms with Gasteiger partial charge in [0.1, 0.15) is 0 Å². The molecule has 2 saturated carbocycles. The van der Waals surface area contributed by atoms with Crippen LogP contribution in [-0.4, -0.2) is 34.5 Å². The summed E-state index contributed by atoms with van der Waals surface area (Å²) in [5, 5.41) is 8.97. The smallest absolute Gasteiger partial charge is 0.303 e. The molecule has 1 aliphatic heterocycles. The minimum Gasteiger partial charge on any atom is -0.481 e. The predicted octanol–water partition coefficient (Wildman–Crippen LogP) is 3.84. The first-order valence-electron chi connectivity index (χ1n) is 9.69. The Morgan fingerprint density at radius 3 is 2.48 bits per heavy atom. The zero-order valence-corrected chi connectivity index (χ0v) is 14.2. The second-order valence-electron chi connectivity index (χ2n) is 7.86. The summed E-state index contributed by atoms with van der Waals surface area (Å²) < 4.78 is 0. The van der Waals surface area contributed by atoms with Crippen molar-refractivity contribution in [2.45, 2.75) is 83.1 Å². The summed E-state index contributed by atoms with van der Waals surface area (Å²) in [5.74, 6) is 1.21. The zero-order chi connectivity index (χ0) is 16.2. The summed E-state index contributed by atoms with van der Waals surface area (Å²) in [5.41, 5.74) is 0. The van der Waals surface area contributed by atoms with Crippen LogP contribution < -0.4 is 0 Å². The minimum absolute atomic E-state index is 0.163. The van der Waals surface area contributed by atoms with Crippen molar-refractivity contribution < 1.29 is 14.7 Å². The lowest BCUT2D eigenvalue weighted by atomic mass is 9.65. The topological polar surface area (TPSA) is 57.6 Å². The molecule has 3 fully saturated rings. The Morgan fingerprint density at radius 1 is 0.913 bits per heavy atom. The quantitative estimate of drug-likeness (QED) is 0.856. The number of carboxylic acid groups (broad SMARTS) is 1. The number of aliphatic carboxylic acids is 1. The van der Waals surface area contributed by atoms with Crippen LogP contribution in [0.2, 0.25) is 0 Å². The fourth-order valence-corrected chi connectivity index (χ4v) is 5.34. The first kappa shape index (κ1) is 16.8. The van der Waals surface area contributed by atoms with Gasteiger partial charge in [-0.15, -0.1) is 0 Å². The summed E-state index contributed by atoms with van der Waals surface area (Å²) in [6.45, 7) is 0.844. The molecule has 4 atom stereocenters. The number of carboxylic acids is 1. The average molecular weight is 321 g/mol. The molecule has 1 heterocycles. The van der Waals surface area contributed by atoms with Gasteiger partial charge in [-0.25, -0.2) is 0 Å². The van der Waals surface area contributed by atoms with E-state index in [1.165, 1.54) is 38.5 Å². The Balaban J connectivity index is 1.67. The van der Waals surface area contributed by atoms with Crippen molar-refractivity contribution in [1.29, 1.82) is 0 Å². The van der Waals surface area contributed by atoms with Crippen molar-refractivity contribution in [3.8, 4) is 0 Å². The SMILES string of the molecule is O=C(O)CCC1CCCCN1C(=O)C1CCCC2CCCCC21. The monoisotopic (exact) mass is 321 g/mol. The van der Waals surface area contributed by atoms with Gasteiger partial charge in [0.2, 0.25) is 5.91 Å². The number of carbonyl (C=O) groups is 2. The van der Waals surface area contributed by atoms with E-state index in [0.717, 1.165) is 38.1 Å². The van der Waals surface area contributed by atoms with Crippen molar-refractivity contribution in [3.63, 3.8) is 0 Å². The number of amides is 1. The number of carbonyl (C=O) groups excluding carboxylic acids is 1. The number of piperidine rings is 1. The molecule has 1 saturated heterocycles. The molecule has 4 unspecified atom stereocenters. The maximum atomic E-state index is 13.2. The van der Waals surface area contributed by atoms with Gasteiger partial charge < -0.3 is 10.0 Å². The van der Waals surface area contributed by atoms with Gasteiger partial charge in [0.15, 0.2) is 0 Å². The summed E-state index contributed by atoms with van der Waals surface area (Å²) in [4.78, 5) is 26.2. The van der Waals surface area contributed by atoms with E-state index in [-0.39, 0.29) is 18.4 Å². The Hall–Kier alpha value is -1.06. The fourth-order valence-electron chi connectivity index (χ4n) is 5.34. The molecule has 0 aromatic rings. The first-order chi connectivity index (χ1) is 11.2. The Kier molecular flexibility index (Phi) is 5.60.